The smallest absolute Gasteiger partial charge is 0.314 e. The van der Waals surface area contributed by atoms with Crippen molar-refractivity contribution >= 4 is 48.1 Å². The van der Waals surface area contributed by atoms with Crippen LogP contribution in [0.4, 0.5) is 0 Å². The number of hydrogen-bond donors (Lipinski definition) is 0. The molecule has 0 fully saturated rings. The lowest BCUT2D eigenvalue weighted by Crippen LogP contribution is -2.58. The van der Waals surface area contributed by atoms with Gasteiger partial charge in [-0.1, -0.05) is 32.8 Å². The van der Waals surface area contributed by atoms with E-state index >= 15 is 0 Å². The maximum absolute atomic E-state index is 11.4. The van der Waals surface area contributed by atoms with Gasteiger partial charge in [0.15, 0.2) is 22.4 Å². The van der Waals surface area contributed by atoms with Crippen LogP contribution in [0.3, 0.4) is 0 Å². The Balaban J connectivity index is 4.85. The number of rotatable bonds is 17. The monoisotopic (exact) mass is 522 g/mol. The lowest BCUT2D eigenvalue weighted by molar-refractivity contribution is -0.114. The maximum Gasteiger partial charge on any atom is 0.314 e. The quantitative estimate of drug-likeness (QED) is 0.114. The van der Waals surface area contributed by atoms with Crippen LogP contribution in [-0.2, 0) is 21.3 Å². The zero-order chi connectivity index (χ0) is 24.6. The lowest BCUT2D eigenvalue weighted by atomic mass is 10.2. The summed E-state index contributed by atoms with van der Waals surface area (Å²) in [5.74, 6) is 0.123. The van der Waals surface area contributed by atoms with Crippen molar-refractivity contribution in [1.82, 2.24) is 0 Å². The van der Waals surface area contributed by atoms with E-state index in [1.54, 1.807) is 0 Å². The Bertz CT molecular complexity index is 577. The minimum atomic E-state index is -2.40. The first kappa shape index (κ1) is 31.3. The van der Waals surface area contributed by atoms with Crippen LogP contribution in [-0.4, -0.2) is 48.1 Å². The first-order chi connectivity index (χ1) is 13.8. The molecule has 0 N–H and O–H groups in total. The van der Waals surface area contributed by atoms with E-state index in [1.807, 2.05) is 0 Å². The second-order valence-electron chi connectivity index (χ2n) is 11.1. The van der Waals surface area contributed by atoms with E-state index in [2.05, 4.69) is 79.0 Å². The molecule has 0 aromatic heterocycles. The summed E-state index contributed by atoms with van der Waals surface area (Å²) in [5.41, 5.74) is 0. The van der Waals surface area contributed by atoms with E-state index in [1.165, 1.54) is 25.0 Å². The van der Waals surface area contributed by atoms with Crippen LogP contribution < -0.4 is 0 Å². The predicted molar refractivity (Wildman–Crippen MR) is 145 cm³/mol. The molecule has 31 heavy (non-hydrogen) atoms. The van der Waals surface area contributed by atoms with Crippen molar-refractivity contribution in [3.8, 4) is 0 Å². The van der Waals surface area contributed by atoms with Crippen LogP contribution in [0, 0.1) is 0 Å². The molecule has 10 heteroatoms. The number of hydrogen-bond acceptors (Lipinski definition) is 5. The zero-order valence-electron chi connectivity index (χ0n) is 22.3. The third-order valence-corrected chi connectivity index (χ3v) is 24.2. The normalized spacial score (nSPS) is 14.0. The Kier molecular flexibility index (Phi) is 12.8. The van der Waals surface area contributed by atoms with Gasteiger partial charge in [0, 0.05) is 6.42 Å². The third kappa shape index (κ3) is 15.7. The second-order valence-corrected chi connectivity index (χ2v) is 30.8. The Morgan fingerprint density at radius 3 is 1.45 bits per heavy atom. The number of allylic oxidation sites excluding steroid dienone is 1. The first-order valence-electron chi connectivity index (χ1n) is 11.8. The zero-order valence-corrected chi connectivity index (χ0v) is 27.3. The average molecular weight is 523 g/mol. The molecule has 0 bridgehead atoms. The summed E-state index contributed by atoms with van der Waals surface area (Å²) in [5, 5.41) is 0. The summed E-state index contributed by atoms with van der Waals surface area (Å²) >= 11 is 0. The molecule has 0 heterocycles. The van der Waals surface area contributed by atoms with Gasteiger partial charge >= 0.3 is 25.7 Å². The largest absolute Gasteiger partial charge is 0.436 e. The topological polar surface area (TPSA) is 54.0 Å². The highest BCUT2D eigenvalue weighted by molar-refractivity contribution is 6.90. The molecule has 0 amide bonds. The van der Waals surface area contributed by atoms with E-state index in [4.69, 9.17) is 16.5 Å². The lowest BCUT2D eigenvalue weighted by Gasteiger charge is -2.42. The van der Waals surface area contributed by atoms with Crippen LogP contribution in [0.15, 0.2) is 12.7 Å². The summed E-state index contributed by atoms with van der Waals surface area (Å²) in [6, 6.07) is 2.20. The Morgan fingerprint density at radius 2 is 1.06 bits per heavy atom. The molecular formula is C21H50O5Si5. The van der Waals surface area contributed by atoms with Gasteiger partial charge in [0.25, 0.3) is 0 Å². The van der Waals surface area contributed by atoms with Crippen LogP contribution in [0.1, 0.15) is 39.0 Å². The number of unbranched alkanes of at least 4 members (excludes halogenated alkanes) is 2. The van der Waals surface area contributed by atoms with Crippen LogP contribution in [0.2, 0.25) is 77.6 Å². The van der Waals surface area contributed by atoms with E-state index < -0.39 is 42.3 Å². The van der Waals surface area contributed by atoms with Crippen molar-refractivity contribution in [2.24, 2.45) is 0 Å². The third-order valence-electron chi connectivity index (χ3n) is 4.84. The van der Waals surface area contributed by atoms with Gasteiger partial charge in [-0.3, -0.25) is 4.79 Å². The van der Waals surface area contributed by atoms with Crippen LogP contribution in [0.5, 0.6) is 0 Å². The molecular weight excluding hydrogens is 473 g/mol. The van der Waals surface area contributed by atoms with Gasteiger partial charge in [-0.2, -0.15) is 0 Å². The van der Waals surface area contributed by atoms with Crippen molar-refractivity contribution in [2.75, 3.05) is 0 Å². The highest BCUT2D eigenvalue weighted by Crippen LogP contribution is 2.28. The minimum Gasteiger partial charge on any atom is -0.436 e. The standard InChI is InChI=1S/C21H50O5Si5/c1-13-15-19-27(3,4)23-29(7,8)25-31(11,12)26-30(9,10)24-28(5,6)20-17-16-18-21(22)14-2/h14H,2,13,15-20H2,1,3-12H3. The van der Waals surface area contributed by atoms with Crippen LogP contribution >= 0.6 is 0 Å². The molecule has 5 nitrogen and oxygen atoms in total. The number of ketones is 1. The van der Waals surface area contributed by atoms with Crippen molar-refractivity contribution < 1.29 is 21.3 Å². The molecule has 0 unspecified atom stereocenters. The van der Waals surface area contributed by atoms with Crippen LogP contribution in [0.25, 0.3) is 0 Å². The van der Waals surface area contributed by atoms with Gasteiger partial charge in [-0.25, -0.2) is 0 Å². The summed E-state index contributed by atoms with van der Waals surface area (Å²) in [4.78, 5) is 11.4. The molecule has 0 aliphatic carbocycles. The number of carbonyl (C=O) groups excluding carboxylic acids is 1. The minimum absolute atomic E-state index is 0.123. The van der Waals surface area contributed by atoms with Gasteiger partial charge in [-0.05, 0) is 90.1 Å². The predicted octanol–water partition coefficient (Wildman–Crippen LogP) is 7.29. The number of carbonyl (C=O) groups is 1. The van der Waals surface area contributed by atoms with Gasteiger partial charge in [0.05, 0.1) is 0 Å². The van der Waals surface area contributed by atoms with Crippen molar-refractivity contribution in [3.63, 3.8) is 0 Å². The van der Waals surface area contributed by atoms with Gasteiger partial charge in [-0.15, -0.1) is 0 Å². The summed E-state index contributed by atoms with van der Waals surface area (Å²) < 4.78 is 26.5. The highest BCUT2D eigenvalue weighted by Gasteiger charge is 2.45. The Morgan fingerprint density at radius 1 is 0.677 bits per heavy atom. The van der Waals surface area contributed by atoms with Crippen molar-refractivity contribution in [1.29, 1.82) is 0 Å². The van der Waals surface area contributed by atoms with E-state index in [-0.39, 0.29) is 5.78 Å². The van der Waals surface area contributed by atoms with Gasteiger partial charge in [0.2, 0.25) is 0 Å². The highest BCUT2D eigenvalue weighted by atomic mass is 28.5. The summed E-state index contributed by atoms with van der Waals surface area (Å²) in [7, 11) is -10.6. The van der Waals surface area contributed by atoms with Gasteiger partial charge < -0.3 is 16.5 Å². The summed E-state index contributed by atoms with van der Waals surface area (Å²) in [6.07, 6.45) is 6.31. The van der Waals surface area contributed by atoms with E-state index in [0.717, 1.165) is 18.9 Å². The maximum atomic E-state index is 11.4. The molecule has 0 atom stereocenters. The Hall–Kier alpha value is 0.334. The van der Waals surface area contributed by atoms with E-state index in [9.17, 15) is 4.79 Å². The fraction of sp³-hybridized carbons (Fsp3) is 0.857. The summed E-state index contributed by atoms with van der Waals surface area (Å²) in [6.45, 7) is 27.7. The molecule has 0 radical (unpaired) electrons. The van der Waals surface area contributed by atoms with Crippen molar-refractivity contribution in [2.45, 2.75) is 117 Å². The molecule has 0 aromatic carbocycles. The molecule has 0 spiro atoms. The first-order valence-corrected chi connectivity index (χ1v) is 26.5. The average Bonchev–Trinajstić information content (AvgIpc) is 2.52. The molecule has 0 aliphatic heterocycles. The Labute approximate surface area is 198 Å². The van der Waals surface area contributed by atoms with Crippen molar-refractivity contribution in [3.05, 3.63) is 12.7 Å². The molecule has 184 valence electrons. The second kappa shape index (κ2) is 12.7. The molecule has 0 saturated carbocycles. The fourth-order valence-corrected chi connectivity index (χ4v) is 29.1. The van der Waals surface area contributed by atoms with Gasteiger partial charge in [0.1, 0.15) is 0 Å². The SMILES string of the molecule is C=CC(=O)CCCC[Si](C)(C)O[Si](C)(C)O[Si](C)(C)O[Si](C)(C)O[Si](C)(C)CCCC. The molecule has 0 aromatic rings. The molecule has 0 saturated heterocycles. The molecule has 0 rings (SSSR count). The van der Waals surface area contributed by atoms with E-state index in [0.29, 0.717) is 6.42 Å². The fourth-order valence-electron chi connectivity index (χ4n) is 4.23. The molecule has 0 aliphatic rings.